The van der Waals surface area contributed by atoms with Gasteiger partial charge in [-0.25, -0.2) is 9.18 Å². The molecule has 0 aliphatic heterocycles. The van der Waals surface area contributed by atoms with E-state index in [2.05, 4.69) is 0 Å². The first-order chi connectivity index (χ1) is 9.06. The first-order valence-electron chi connectivity index (χ1n) is 5.46. The first kappa shape index (κ1) is 13.4. The first-order valence-corrected chi connectivity index (χ1v) is 5.84. The number of benzene rings is 2. The molecule has 19 heavy (non-hydrogen) atoms. The SMILES string of the molecule is O=C(O)c1ccc(OCc2cccc(F)c2)c(Cl)c1. The fourth-order valence-corrected chi connectivity index (χ4v) is 1.77. The van der Waals surface area contributed by atoms with Crippen LogP contribution in [-0.2, 0) is 6.61 Å². The summed E-state index contributed by atoms with van der Waals surface area (Å²) in [6.45, 7) is 0.157. The fourth-order valence-electron chi connectivity index (χ4n) is 1.54. The quantitative estimate of drug-likeness (QED) is 0.927. The lowest BCUT2D eigenvalue weighted by Gasteiger charge is -2.08. The largest absolute Gasteiger partial charge is 0.487 e. The number of carboxylic acid groups (broad SMARTS) is 1. The minimum atomic E-state index is -1.06. The maximum absolute atomic E-state index is 13.0. The second-order valence-electron chi connectivity index (χ2n) is 3.87. The molecule has 0 heterocycles. The molecule has 0 aromatic heterocycles. The second kappa shape index (κ2) is 5.71. The zero-order valence-corrected chi connectivity index (χ0v) is 10.5. The zero-order chi connectivity index (χ0) is 13.8. The summed E-state index contributed by atoms with van der Waals surface area (Å²) in [4.78, 5) is 10.7. The van der Waals surface area contributed by atoms with Gasteiger partial charge in [0.1, 0.15) is 18.2 Å². The Hall–Kier alpha value is -2.07. The molecule has 0 fully saturated rings. The van der Waals surface area contributed by atoms with Crippen LogP contribution < -0.4 is 4.74 Å². The van der Waals surface area contributed by atoms with Crippen molar-refractivity contribution in [2.75, 3.05) is 0 Å². The van der Waals surface area contributed by atoms with Crippen LogP contribution in [0.25, 0.3) is 0 Å². The van der Waals surface area contributed by atoms with Gasteiger partial charge in [0.05, 0.1) is 10.6 Å². The highest BCUT2D eigenvalue weighted by Gasteiger charge is 2.08. The van der Waals surface area contributed by atoms with E-state index in [1.807, 2.05) is 0 Å². The summed E-state index contributed by atoms with van der Waals surface area (Å²) in [7, 11) is 0. The van der Waals surface area contributed by atoms with E-state index in [0.717, 1.165) is 0 Å². The van der Waals surface area contributed by atoms with Crippen molar-refractivity contribution in [3.63, 3.8) is 0 Å². The Morgan fingerprint density at radius 3 is 2.68 bits per heavy atom. The van der Waals surface area contributed by atoms with Crippen LogP contribution in [-0.4, -0.2) is 11.1 Å². The van der Waals surface area contributed by atoms with E-state index in [0.29, 0.717) is 11.3 Å². The van der Waals surface area contributed by atoms with E-state index >= 15 is 0 Å². The van der Waals surface area contributed by atoms with E-state index in [9.17, 15) is 9.18 Å². The van der Waals surface area contributed by atoms with Crippen LogP contribution in [0.2, 0.25) is 5.02 Å². The number of carboxylic acids is 1. The average molecular weight is 281 g/mol. The number of carbonyl (C=O) groups is 1. The molecule has 5 heteroatoms. The van der Waals surface area contributed by atoms with Crippen molar-refractivity contribution in [2.24, 2.45) is 0 Å². The lowest BCUT2D eigenvalue weighted by Crippen LogP contribution is -1.99. The molecule has 1 N–H and O–H groups in total. The van der Waals surface area contributed by atoms with E-state index in [1.165, 1.54) is 30.3 Å². The van der Waals surface area contributed by atoms with Crippen LogP contribution in [0.1, 0.15) is 15.9 Å². The molecule has 2 rings (SSSR count). The highest BCUT2D eigenvalue weighted by atomic mass is 35.5. The third kappa shape index (κ3) is 3.45. The Morgan fingerprint density at radius 1 is 1.26 bits per heavy atom. The highest BCUT2D eigenvalue weighted by Crippen LogP contribution is 2.26. The van der Waals surface area contributed by atoms with Crippen LogP contribution >= 0.6 is 11.6 Å². The van der Waals surface area contributed by atoms with Gasteiger partial charge < -0.3 is 9.84 Å². The van der Waals surface area contributed by atoms with Gasteiger partial charge >= 0.3 is 5.97 Å². The van der Waals surface area contributed by atoms with Gasteiger partial charge in [-0.15, -0.1) is 0 Å². The number of ether oxygens (including phenoxy) is 1. The molecule has 0 spiro atoms. The van der Waals surface area contributed by atoms with Crippen LogP contribution in [0.15, 0.2) is 42.5 Å². The molecule has 3 nitrogen and oxygen atoms in total. The Balaban J connectivity index is 2.10. The highest BCUT2D eigenvalue weighted by molar-refractivity contribution is 6.32. The smallest absolute Gasteiger partial charge is 0.335 e. The molecule has 98 valence electrons. The molecule has 0 aliphatic rings. The topological polar surface area (TPSA) is 46.5 Å². The van der Waals surface area contributed by atoms with Crippen molar-refractivity contribution < 1.29 is 19.0 Å². The predicted octanol–water partition coefficient (Wildman–Crippen LogP) is 3.76. The minimum Gasteiger partial charge on any atom is -0.487 e. The molecule has 0 amide bonds. The van der Waals surface area contributed by atoms with Crippen molar-refractivity contribution >= 4 is 17.6 Å². The number of hydrogen-bond acceptors (Lipinski definition) is 2. The van der Waals surface area contributed by atoms with Gasteiger partial charge in [0.2, 0.25) is 0 Å². The predicted molar refractivity (Wildman–Crippen MR) is 69.1 cm³/mol. The third-order valence-corrected chi connectivity index (χ3v) is 2.76. The maximum Gasteiger partial charge on any atom is 0.335 e. The molecule has 0 saturated heterocycles. The Kier molecular flexibility index (Phi) is 4.02. The minimum absolute atomic E-state index is 0.0862. The van der Waals surface area contributed by atoms with Crippen LogP contribution in [0.5, 0.6) is 5.75 Å². The second-order valence-corrected chi connectivity index (χ2v) is 4.28. The molecule has 0 radical (unpaired) electrons. The van der Waals surface area contributed by atoms with Crippen molar-refractivity contribution in [3.05, 3.63) is 64.4 Å². The Morgan fingerprint density at radius 2 is 2.05 bits per heavy atom. The number of rotatable bonds is 4. The van der Waals surface area contributed by atoms with Gasteiger partial charge in [0.25, 0.3) is 0 Å². The molecule has 0 unspecified atom stereocenters. The van der Waals surface area contributed by atoms with Crippen molar-refractivity contribution in [1.29, 1.82) is 0 Å². The van der Waals surface area contributed by atoms with Gasteiger partial charge in [0.15, 0.2) is 0 Å². The molecule has 2 aromatic carbocycles. The van der Waals surface area contributed by atoms with E-state index in [-0.39, 0.29) is 23.0 Å². The Bertz CT molecular complexity index is 613. The monoisotopic (exact) mass is 280 g/mol. The van der Waals surface area contributed by atoms with E-state index in [1.54, 1.807) is 12.1 Å². The Labute approximate surface area is 114 Å². The van der Waals surface area contributed by atoms with Gasteiger partial charge in [0, 0.05) is 0 Å². The number of hydrogen-bond donors (Lipinski definition) is 1. The molecule has 0 saturated carbocycles. The summed E-state index contributed by atoms with van der Waals surface area (Å²) < 4.78 is 18.4. The van der Waals surface area contributed by atoms with Crippen LogP contribution in [0.3, 0.4) is 0 Å². The van der Waals surface area contributed by atoms with Crippen LogP contribution in [0.4, 0.5) is 4.39 Å². The lowest BCUT2D eigenvalue weighted by atomic mass is 10.2. The molecule has 0 aliphatic carbocycles. The molecule has 2 aromatic rings. The summed E-state index contributed by atoms with van der Waals surface area (Å²) in [6.07, 6.45) is 0. The zero-order valence-electron chi connectivity index (χ0n) is 9.77. The maximum atomic E-state index is 13.0. The van der Waals surface area contributed by atoms with Crippen molar-refractivity contribution in [2.45, 2.75) is 6.61 Å². The van der Waals surface area contributed by atoms with Gasteiger partial charge in [-0.2, -0.15) is 0 Å². The lowest BCUT2D eigenvalue weighted by molar-refractivity contribution is 0.0697. The number of aromatic carboxylic acids is 1. The molecular weight excluding hydrogens is 271 g/mol. The normalized spacial score (nSPS) is 10.2. The average Bonchev–Trinajstić information content (AvgIpc) is 2.37. The summed E-state index contributed by atoms with van der Waals surface area (Å²) in [5.74, 6) is -1.04. The van der Waals surface area contributed by atoms with Gasteiger partial charge in [-0.05, 0) is 35.9 Å². The van der Waals surface area contributed by atoms with E-state index in [4.69, 9.17) is 21.4 Å². The molecule has 0 bridgehead atoms. The van der Waals surface area contributed by atoms with Crippen molar-refractivity contribution in [1.82, 2.24) is 0 Å². The van der Waals surface area contributed by atoms with Crippen LogP contribution in [0, 0.1) is 5.82 Å². The van der Waals surface area contributed by atoms with Crippen molar-refractivity contribution in [3.8, 4) is 5.75 Å². The standard InChI is InChI=1S/C14H10ClFO3/c15-12-7-10(14(17)18)4-5-13(12)19-8-9-2-1-3-11(16)6-9/h1-7H,8H2,(H,17,18). The summed E-state index contributed by atoms with van der Waals surface area (Å²) in [6, 6.07) is 10.2. The summed E-state index contributed by atoms with van der Waals surface area (Å²) >= 11 is 5.91. The van der Waals surface area contributed by atoms with Gasteiger partial charge in [-0.3, -0.25) is 0 Å². The summed E-state index contributed by atoms with van der Waals surface area (Å²) in [5.41, 5.74) is 0.751. The van der Waals surface area contributed by atoms with E-state index < -0.39 is 5.97 Å². The molecular formula is C14H10ClFO3. The van der Waals surface area contributed by atoms with Gasteiger partial charge in [-0.1, -0.05) is 23.7 Å². The molecule has 0 atom stereocenters. The summed E-state index contributed by atoms with van der Waals surface area (Å²) in [5, 5.41) is 9.00. The fraction of sp³-hybridized carbons (Fsp3) is 0.0714. The number of halogens is 2. The third-order valence-electron chi connectivity index (χ3n) is 2.46.